The molecule has 0 unspecified atom stereocenters. The molecule has 9 heavy (non-hydrogen) atoms. The second kappa shape index (κ2) is 5.83. The highest BCUT2D eigenvalue weighted by Gasteiger charge is 1.93. The maximum absolute atomic E-state index is 3.67. The Bertz CT molecular complexity index is 65.0. The van der Waals surface area contributed by atoms with Gasteiger partial charge in [0.05, 0.1) is 0 Å². The highest BCUT2D eigenvalue weighted by atomic mass is 15.1. The lowest BCUT2D eigenvalue weighted by atomic mass is 10.4. The fraction of sp³-hybridized carbons (Fsp3) is 0.750. The van der Waals surface area contributed by atoms with Crippen LogP contribution < -0.4 is 0 Å². The largest absolute Gasteiger partial charge is 0.304 e. The lowest BCUT2D eigenvalue weighted by molar-refractivity contribution is 0.310. The van der Waals surface area contributed by atoms with Crippen LogP contribution in [0.5, 0.6) is 0 Å². The third-order valence-electron chi connectivity index (χ3n) is 1.54. The van der Waals surface area contributed by atoms with Crippen LogP contribution in [0, 0.1) is 0 Å². The van der Waals surface area contributed by atoms with E-state index in [1.54, 1.807) is 0 Å². The van der Waals surface area contributed by atoms with Gasteiger partial charge in [0.2, 0.25) is 0 Å². The third-order valence-corrected chi connectivity index (χ3v) is 1.54. The van der Waals surface area contributed by atoms with Crippen LogP contribution in [0.2, 0.25) is 0 Å². The number of hydrogen-bond donors (Lipinski definition) is 0. The second-order valence-electron chi connectivity index (χ2n) is 2.10. The van der Waals surface area contributed by atoms with Crippen LogP contribution in [0.1, 0.15) is 20.3 Å². The summed E-state index contributed by atoms with van der Waals surface area (Å²) in [6.45, 7) is 11.5. The minimum absolute atomic E-state index is 1.11. The summed E-state index contributed by atoms with van der Waals surface area (Å²) in [6.07, 6.45) is 3.08. The molecule has 1 nitrogen and oxygen atoms in total. The zero-order valence-electron chi connectivity index (χ0n) is 6.56. The molecule has 1 heteroatoms. The first-order valence-corrected chi connectivity index (χ1v) is 3.68. The first-order valence-electron chi connectivity index (χ1n) is 3.68. The zero-order valence-corrected chi connectivity index (χ0v) is 6.56. The molecule has 0 aliphatic heterocycles. The van der Waals surface area contributed by atoms with Crippen LogP contribution in [0.15, 0.2) is 12.7 Å². The standard InChI is InChI=1S/C8H17N/c1-4-7-8-9(5-2)6-3/h4H,1,5-8H2,2-3H3. The van der Waals surface area contributed by atoms with Crippen molar-refractivity contribution < 1.29 is 0 Å². The molecule has 0 N–H and O–H groups in total. The molecule has 0 saturated heterocycles. The molecule has 0 radical (unpaired) electrons. The third kappa shape index (κ3) is 4.22. The van der Waals surface area contributed by atoms with E-state index >= 15 is 0 Å². The Morgan fingerprint density at radius 2 is 1.89 bits per heavy atom. The smallest absolute Gasteiger partial charge is 0.00156 e. The molecular weight excluding hydrogens is 110 g/mol. The van der Waals surface area contributed by atoms with Crippen molar-refractivity contribution in [2.45, 2.75) is 20.3 Å². The Balaban J connectivity index is 3.19. The zero-order chi connectivity index (χ0) is 7.11. The van der Waals surface area contributed by atoms with E-state index in [1.165, 1.54) is 0 Å². The maximum Gasteiger partial charge on any atom is 0.00156 e. The van der Waals surface area contributed by atoms with E-state index in [9.17, 15) is 0 Å². The van der Waals surface area contributed by atoms with Crippen molar-refractivity contribution in [3.63, 3.8) is 0 Å². The fourth-order valence-corrected chi connectivity index (χ4v) is 0.814. The van der Waals surface area contributed by atoms with Crippen molar-refractivity contribution in [2.75, 3.05) is 19.6 Å². The van der Waals surface area contributed by atoms with Gasteiger partial charge in [-0.15, -0.1) is 6.58 Å². The summed E-state index contributed by atoms with van der Waals surface area (Å²) in [4.78, 5) is 2.39. The molecule has 0 aliphatic carbocycles. The minimum Gasteiger partial charge on any atom is -0.304 e. The van der Waals surface area contributed by atoms with Gasteiger partial charge in [-0.3, -0.25) is 0 Å². The van der Waals surface area contributed by atoms with Crippen LogP contribution in [0.25, 0.3) is 0 Å². The monoisotopic (exact) mass is 127 g/mol. The van der Waals surface area contributed by atoms with Crippen molar-refractivity contribution in [3.8, 4) is 0 Å². The van der Waals surface area contributed by atoms with Gasteiger partial charge in [-0.25, -0.2) is 0 Å². The van der Waals surface area contributed by atoms with Crippen LogP contribution in [0.4, 0.5) is 0 Å². The van der Waals surface area contributed by atoms with Crippen molar-refractivity contribution in [2.24, 2.45) is 0 Å². The van der Waals surface area contributed by atoms with Gasteiger partial charge in [0.15, 0.2) is 0 Å². The van der Waals surface area contributed by atoms with E-state index < -0.39 is 0 Å². The molecule has 0 aromatic carbocycles. The average molecular weight is 127 g/mol. The van der Waals surface area contributed by atoms with Crippen LogP contribution in [-0.2, 0) is 0 Å². The quantitative estimate of drug-likeness (QED) is 0.510. The number of hydrogen-bond acceptors (Lipinski definition) is 1. The van der Waals surface area contributed by atoms with E-state index in [-0.39, 0.29) is 0 Å². The van der Waals surface area contributed by atoms with Crippen molar-refractivity contribution in [1.29, 1.82) is 0 Å². The summed E-state index contributed by atoms with van der Waals surface area (Å²) in [5, 5.41) is 0. The predicted octanol–water partition coefficient (Wildman–Crippen LogP) is 1.90. The molecule has 0 rings (SSSR count). The van der Waals surface area contributed by atoms with Crippen molar-refractivity contribution >= 4 is 0 Å². The lowest BCUT2D eigenvalue weighted by Crippen LogP contribution is -2.23. The summed E-state index contributed by atoms with van der Waals surface area (Å²) in [7, 11) is 0. The summed E-state index contributed by atoms with van der Waals surface area (Å²) < 4.78 is 0. The number of rotatable bonds is 5. The first-order chi connectivity index (χ1) is 4.35. The SMILES string of the molecule is C=CCCN(CC)CC. The molecule has 0 aromatic heterocycles. The normalized spacial score (nSPS) is 10.1. The minimum atomic E-state index is 1.11. The van der Waals surface area contributed by atoms with Gasteiger partial charge in [-0.1, -0.05) is 19.9 Å². The van der Waals surface area contributed by atoms with Gasteiger partial charge < -0.3 is 4.90 Å². The Morgan fingerprint density at radius 1 is 1.33 bits per heavy atom. The van der Waals surface area contributed by atoms with E-state index in [0.717, 1.165) is 26.1 Å². The molecular formula is C8H17N. The van der Waals surface area contributed by atoms with Gasteiger partial charge in [0.1, 0.15) is 0 Å². The summed E-state index contributed by atoms with van der Waals surface area (Å²) in [5.41, 5.74) is 0. The summed E-state index contributed by atoms with van der Waals surface area (Å²) >= 11 is 0. The molecule has 0 bridgehead atoms. The van der Waals surface area contributed by atoms with E-state index in [2.05, 4.69) is 25.3 Å². The molecule has 0 aromatic rings. The fourth-order valence-electron chi connectivity index (χ4n) is 0.814. The topological polar surface area (TPSA) is 3.24 Å². The van der Waals surface area contributed by atoms with Crippen molar-refractivity contribution in [1.82, 2.24) is 4.90 Å². The van der Waals surface area contributed by atoms with Crippen LogP contribution in [-0.4, -0.2) is 24.5 Å². The molecule has 0 spiro atoms. The maximum atomic E-state index is 3.67. The summed E-state index contributed by atoms with van der Waals surface area (Å²) in [6, 6.07) is 0. The first kappa shape index (κ1) is 8.70. The van der Waals surface area contributed by atoms with E-state index in [0.29, 0.717) is 0 Å². The van der Waals surface area contributed by atoms with Gasteiger partial charge >= 0.3 is 0 Å². The predicted molar refractivity (Wildman–Crippen MR) is 42.6 cm³/mol. The van der Waals surface area contributed by atoms with Gasteiger partial charge in [-0.2, -0.15) is 0 Å². The molecule has 54 valence electrons. The molecule has 0 fully saturated rings. The lowest BCUT2D eigenvalue weighted by Gasteiger charge is -2.15. The summed E-state index contributed by atoms with van der Waals surface area (Å²) in [5.74, 6) is 0. The second-order valence-corrected chi connectivity index (χ2v) is 2.10. The number of nitrogens with zero attached hydrogens (tertiary/aromatic N) is 1. The highest BCUT2D eigenvalue weighted by molar-refractivity contribution is 4.68. The van der Waals surface area contributed by atoms with Gasteiger partial charge in [0.25, 0.3) is 0 Å². The van der Waals surface area contributed by atoms with E-state index in [1.807, 2.05) is 6.08 Å². The van der Waals surface area contributed by atoms with Crippen molar-refractivity contribution in [3.05, 3.63) is 12.7 Å². The Morgan fingerprint density at radius 3 is 2.22 bits per heavy atom. The molecule has 0 heterocycles. The Labute approximate surface area is 58.4 Å². The van der Waals surface area contributed by atoms with Crippen LogP contribution >= 0.6 is 0 Å². The molecule has 0 saturated carbocycles. The Kier molecular flexibility index (Phi) is 5.64. The average Bonchev–Trinajstić information content (AvgIpc) is 1.91. The van der Waals surface area contributed by atoms with Gasteiger partial charge in [-0.05, 0) is 19.5 Å². The van der Waals surface area contributed by atoms with E-state index in [4.69, 9.17) is 0 Å². The molecule has 0 aliphatic rings. The molecule has 0 atom stereocenters. The van der Waals surface area contributed by atoms with Gasteiger partial charge in [0, 0.05) is 6.54 Å². The highest BCUT2D eigenvalue weighted by Crippen LogP contribution is 1.89. The van der Waals surface area contributed by atoms with Crippen LogP contribution in [0.3, 0.4) is 0 Å². The Hall–Kier alpha value is -0.300. The molecule has 0 amide bonds.